The molecule has 162 valence electrons. The number of hydrogen-bond acceptors (Lipinski definition) is 6. The smallest absolute Gasteiger partial charge is 0.262 e. The number of hydrogen-bond donors (Lipinski definition) is 1. The molecule has 1 fully saturated rings. The van der Waals surface area contributed by atoms with E-state index in [1.807, 2.05) is 0 Å². The number of aromatic nitrogens is 4. The van der Waals surface area contributed by atoms with E-state index < -0.39 is 14.5 Å². The Morgan fingerprint density at radius 1 is 1.34 bits per heavy atom. The quantitative estimate of drug-likeness (QED) is 0.682. The summed E-state index contributed by atoms with van der Waals surface area (Å²) in [6.45, 7) is 17.0. The fourth-order valence-corrected chi connectivity index (χ4v) is 6.43. The lowest BCUT2D eigenvalue weighted by molar-refractivity contribution is -0.0357. The van der Waals surface area contributed by atoms with E-state index in [0.29, 0.717) is 28.9 Å². The van der Waals surface area contributed by atoms with E-state index >= 15 is 0 Å². The van der Waals surface area contributed by atoms with Gasteiger partial charge in [0.05, 0.1) is 12.3 Å². The van der Waals surface area contributed by atoms with Gasteiger partial charge < -0.3 is 14.2 Å². The van der Waals surface area contributed by atoms with Crippen molar-refractivity contribution in [1.29, 1.82) is 0 Å². The molecule has 0 aromatic carbocycles. The number of nitrogens with zero attached hydrogens (tertiary/aromatic N) is 4. The summed E-state index contributed by atoms with van der Waals surface area (Å²) in [7, 11) is -0.819. The maximum Gasteiger partial charge on any atom is 0.262 e. The number of rotatable bonds is 7. The number of aryl methyl sites for hydroxylation is 1. The van der Waals surface area contributed by atoms with Gasteiger partial charge in [0.25, 0.3) is 5.56 Å². The first-order valence-corrected chi connectivity index (χ1v) is 12.1. The first-order valence-electron chi connectivity index (χ1n) is 10.4. The van der Waals surface area contributed by atoms with Crippen molar-refractivity contribution in [2.24, 2.45) is 5.92 Å². The number of ether oxygens (including phenoxy) is 1. The lowest BCUT2D eigenvalue weighted by Gasteiger charge is -2.37. The lowest BCUT2D eigenvalue weighted by atomic mass is 9.99. The summed E-state index contributed by atoms with van der Waals surface area (Å²) < 4.78 is 17.2. The highest BCUT2D eigenvalue weighted by molar-refractivity contribution is 7.49. The zero-order valence-corrected chi connectivity index (χ0v) is 19.6. The van der Waals surface area contributed by atoms with Crippen LogP contribution in [-0.4, -0.2) is 55.4 Å². The van der Waals surface area contributed by atoms with Crippen LogP contribution in [-0.2, 0) is 9.26 Å². The van der Waals surface area contributed by atoms with Crippen molar-refractivity contribution in [2.75, 3.05) is 6.66 Å². The first-order chi connectivity index (χ1) is 13.6. The second kappa shape index (κ2) is 8.80. The predicted molar refractivity (Wildman–Crippen MR) is 116 cm³/mol. The molecule has 0 radical (unpaired) electrons. The van der Waals surface area contributed by atoms with Gasteiger partial charge in [-0.3, -0.25) is 9.46 Å². The Morgan fingerprint density at radius 3 is 2.59 bits per heavy atom. The largest absolute Gasteiger partial charge is 0.350 e. The summed E-state index contributed by atoms with van der Waals surface area (Å²) in [5, 5.41) is 4.95. The molecule has 29 heavy (non-hydrogen) atoms. The fraction of sp³-hybridized carbons (Fsp3) is 0.750. The van der Waals surface area contributed by atoms with Crippen molar-refractivity contribution in [2.45, 2.75) is 85.4 Å². The van der Waals surface area contributed by atoms with Gasteiger partial charge in [-0.15, -0.1) is 0 Å². The van der Waals surface area contributed by atoms with Gasteiger partial charge in [-0.1, -0.05) is 13.8 Å². The van der Waals surface area contributed by atoms with E-state index in [4.69, 9.17) is 9.26 Å². The molecule has 0 saturated carbocycles. The number of aromatic amines is 1. The molecule has 1 saturated heterocycles. The lowest BCUT2D eigenvalue weighted by Crippen LogP contribution is -2.35. The van der Waals surface area contributed by atoms with Crippen LogP contribution in [0.2, 0.25) is 0 Å². The van der Waals surface area contributed by atoms with Gasteiger partial charge in [0.2, 0.25) is 0 Å². The van der Waals surface area contributed by atoms with E-state index in [-0.39, 0.29) is 23.7 Å². The summed E-state index contributed by atoms with van der Waals surface area (Å²) in [4.78, 5) is 19.5. The van der Waals surface area contributed by atoms with Crippen LogP contribution in [0.25, 0.3) is 11.0 Å². The summed E-state index contributed by atoms with van der Waals surface area (Å²) in [6, 6.07) is 0.773. The van der Waals surface area contributed by atoms with Crippen molar-refractivity contribution in [3.05, 3.63) is 22.4 Å². The van der Waals surface area contributed by atoms with Crippen molar-refractivity contribution in [3.63, 3.8) is 0 Å². The van der Waals surface area contributed by atoms with Crippen LogP contribution in [0.3, 0.4) is 0 Å². The normalized spacial score (nSPS) is 26.3. The Bertz CT molecular complexity index is 888. The molecule has 2 unspecified atom stereocenters. The third kappa shape index (κ3) is 4.26. The molecule has 5 atom stereocenters. The second-order valence-electron chi connectivity index (χ2n) is 8.41. The number of fused-ring (bicyclic) bond motifs is 1. The monoisotopic (exact) mass is 423 g/mol. The van der Waals surface area contributed by atoms with Crippen LogP contribution < -0.4 is 5.56 Å². The van der Waals surface area contributed by atoms with Gasteiger partial charge in [0, 0.05) is 18.0 Å². The molecule has 0 aliphatic carbocycles. The van der Waals surface area contributed by atoms with E-state index in [0.717, 1.165) is 6.42 Å². The summed E-state index contributed by atoms with van der Waals surface area (Å²) >= 11 is 0. The van der Waals surface area contributed by atoms with E-state index in [1.54, 1.807) is 17.8 Å². The molecule has 0 bridgehead atoms. The second-order valence-corrected chi connectivity index (χ2v) is 10.0. The summed E-state index contributed by atoms with van der Waals surface area (Å²) in [5.74, 6) is 0.766. The first kappa shape index (κ1) is 22.3. The predicted octanol–water partition coefficient (Wildman–Crippen LogP) is 3.82. The third-order valence-electron chi connectivity index (χ3n) is 5.58. The van der Waals surface area contributed by atoms with Gasteiger partial charge in [0.15, 0.2) is 11.9 Å². The highest BCUT2D eigenvalue weighted by Crippen LogP contribution is 2.48. The van der Waals surface area contributed by atoms with Crippen LogP contribution in [0.15, 0.2) is 11.0 Å². The van der Waals surface area contributed by atoms with Gasteiger partial charge in [-0.2, -0.15) is 5.10 Å². The molecule has 1 N–H and O–H groups in total. The molecule has 8 nitrogen and oxygen atoms in total. The molecule has 1 aliphatic rings. The average Bonchev–Trinajstić information content (AvgIpc) is 3.16. The van der Waals surface area contributed by atoms with E-state index in [9.17, 15) is 4.79 Å². The van der Waals surface area contributed by atoms with Crippen molar-refractivity contribution >= 4 is 19.3 Å². The van der Waals surface area contributed by atoms with E-state index in [1.165, 1.54) is 0 Å². The van der Waals surface area contributed by atoms with Crippen LogP contribution >= 0.6 is 8.30 Å². The standard InChI is InChI=1S/C20H34N5O3P/c1-9-16-13(6)17(28-29(8)25(11(2)3)12(4)5)20(27-16)24-18-15(10-21-24)19(26)23-14(7)22-18/h10-13,16-17,20H,9H2,1-8H3,(H,22,23,26)/t13-,16+,17?,20+,29?/m0/s1. The maximum atomic E-state index is 12.3. The van der Waals surface area contributed by atoms with Gasteiger partial charge in [-0.25, -0.2) is 9.67 Å². The summed E-state index contributed by atoms with van der Waals surface area (Å²) in [6.07, 6.45) is 1.95. The van der Waals surface area contributed by atoms with Crippen molar-refractivity contribution < 1.29 is 9.26 Å². The maximum absolute atomic E-state index is 12.3. The van der Waals surface area contributed by atoms with E-state index in [2.05, 4.69) is 67.9 Å². The van der Waals surface area contributed by atoms with Gasteiger partial charge in [0.1, 0.15) is 25.6 Å². The average molecular weight is 423 g/mol. The van der Waals surface area contributed by atoms with Crippen LogP contribution in [0.4, 0.5) is 0 Å². The third-order valence-corrected chi connectivity index (χ3v) is 7.71. The highest BCUT2D eigenvalue weighted by atomic mass is 31.2. The molecular formula is C20H34N5O3P. The van der Waals surface area contributed by atoms with Crippen molar-refractivity contribution in [1.82, 2.24) is 24.4 Å². The molecule has 3 heterocycles. The molecule has 0 amide bonds. The molecule has 2 aromatic heterocycles. The number of H-pyrrole nitrogens is 1. The van der Waals surface area contributed by atoms with Crippen LogP contribution in [0.5, 0.6) is 0 Å². The SMILES string of the molecule is CC[C@H]1O[C@@H](n2ncc3c(=O)[nH]c(C)nc32)C(OP(C)N(C(C)C)C(C)C)[C@H]1C. The molecular weight excluding hydrogens is 389 g/mol. The molecule has 9 heteroatoms. The van der Waals surface area contributed by atoms with Crippen molar-refractivity contribution in [3.8, 4) is 0 Å². The zero-order chi connectivity index (χ0) is 21.5. The minimum Gasteiger partial charge on any atom is -0.350 e. The zero-order valence-electron chi connectivity index (χ0n) is 18.7. The molecule has 0 spiro atoms. The Kier molecular flexibility index (Phi) is 6.78. The molecule has 3 rings (SSSR count). The Labute approximate surface area is 173 Å². The van der Waals surface area contributed by atoms with Gasteiger partial charge in [-0.05, 0) is 47.7 Å². The fourth-order valence-electron chi connectivity index (χ4n) is 4.37. The number of nitrogens with one attached hydrogen (secondary N) is 1. The topological polar surface area (TPSA) is 85.3 Å². The summed E-state index contributed by atoms with van der Waals surface area (Å²) in [5.41, 5.74) is 0.358. The molecule has 1 aliphatic heterocycles. The Balaban J connectivity index is 1.98. The minimum absolute atomic E-state index is 0.0716. The molecule has 2 aromatic rings. The minimum atomic E-state index is -0.819. The van der Waals surface area contributed by atoms with Crippen LogP contribution in [0.1, 0.15) is 60.0 Å². The Hall–Kier alpha value is -1.34. The van der Waals surface area contributed by atoms with Crippen LogP contribution in [0, 0.1) is 12.8 Å². The Morgan fingerprint density at radius 2 is 2.00 bits per heavy atom. The highest BCUT2D eigenvalue weighted by Gasteiger charge is 2.45. The van der Waals surface area contributed by atoms with Gasteiger partial charge >= 0.3 is 0 Å².